The number of hydrogen-bond acceptors (Lipinski definition) is 4. The summed E-state index contributed by atoms with van der Waals surface area (Å²) < 4.78 is 25.5. The third-order valence-corrected chi connectivity index (χ3v) is 5.12. The second-order valence-electron chi connectivity index (χ2n) is 7.41. The first kappa shape index (κ1) is 17.6. The molecular formula is C22H23FN2O2. The van der Waals surface area contributed by atoms with Crippen LogP contribution >= 0.6 is 0 Å². The monoisotopic (exact) mass is 366 g/mol. The highest BCUT2D eigenvalue weighted by molar-refractivity contribution is 5.89. The smallest absolute Gasteiger partial charge is 0.231 e. The van der Waals surface area contributed by atoms with Gasteiger partial charge in [-0.25, -0.2) is 4.39 Å². The van der Waals surface area contributed by atoms with E-state index in [1.54, 1.807) is 18.3 Å². The first-order valence-corrected chi connectivity index (χ1v) is 9.14. The quantitative estimate of drug-likeness (QED) is 0.689. The van der Waals surface area contributed by atoms with Gasteiger partial charge in [0.15, 0.2) is 11.5 Å². The minimum Gasteiger partial charge on any atom is -0.454 e. The van der Waals surface area contributed by atoms with Crippen molar-refractivity contribution in [3.05, 3.63) is 53.4 Å². The predicted molar refractivity (Wildman–Crippen MR) is 107 cm³/mol. The molecule has 5 heteroatoms. The Morgan fingerprint density at radius 3 is 2.74 bits per heavy atom. The van der Waals surface area contributed by atoms with Crippen molar-refractivity contribution in [2.75, 3.05) is 18.2 Å². The standard InChI is InChI=1S/C22H23FN2O2/c1-5-25-19-10-18(23)15(8-17(19)14(2)11-22(25,3)4)12-24-16-6-7-20-21(9-16)27-13-26-20/h6-12H,5,13H2,1-4H3. The van der Waals surface area contributed by atoms with Crippen LogP contribution in [0.15, 0.2) is 41.4 Å². The minimum absolute atomic E-state index is 0.139. The Morgan fingerprint density at radius 1 is 1.19 bits per heavy atom. The van der Waals surface area contributed by atoms with Gasteiger partial charge in [0.2, 0.25) is 6.79 Å². The van der Waals surface area contributed by atoms with E-state index >= 15 is 0 Å². The fourth-order valence-electron chi connectivity index (χ4n) is 3.90. The summed E-state index contributed by atoms with van der Waals surface area (Å²) in [6, 6.07) is 8.93. The lowest BCUT2D eigenvalue weighted by molar-refractivity contribution is 0.174. The predicted octanol–water partition coefficient (Wildman–Crippen LogP) is 5.33. The number of likely N-dealkylation sites (N-methyl/N-ethyl adjacent to an activating group) is 1. The van der Waals surface area contributed by atoms with Gasteiger partial charge in [-0.15, -0.1) is 0 Å². The molecule has 27 heavy (non-hydrogen) atoms. The lowest BCUT2D eigenvalue weighted by atomic mass is 9.88. The van der Waals surface area contributed by atoms with Crippen molar-refractivity contribution in [1.29, 1.82) is 0 Å². The molecule has 0 saturated heterocycles. The van der Waals surface area contributed by atoms with Gasteiger partial charge < -0.3 is 14.4 Å². The normalized spacial score (nSPS) is 17.2. The Labute approximate surface area is 158 Å². The molecule has 0 fully saturated rings. The molecule has 2 aromatic rings. The van der Waals surface area contributed by atoms with E-state index in [1.165, 1.54) is 0 Å². The van der Waals surface area contributed by atoms with E-state index in [0.29, 0.717) is 22.7 Å². The Hall–Kier alpha value is -2.82. The summed E-state index contributed by atoms with van der Waals surface area (Å²) in [5.41, 5.74) is 4.15. The van der Waals surface area contributed by atoms with Gasteiger partial charge in [-0.2, -0.15) is 0 Å². The Kier molecular flexibility index (Phi) is 4.17. The third-order valence-electron chi connectivity index (χ3n) is 5.12. The van der Waals surface area contributed by atoms with Crippen molar-refractivity contribution >= 4 is 23.2 Å². The highest BCUT2D eigenvalue weighted by Gasteiger charge is 2.30. The van der Waals surface area contributed by atoms with E-state index < -0.39 is 0 Å². The zero-order chi connectivity index (χ0) is 19.2. The number of anilines is 1. The maximum absolute atomic E-state index is 14.8. The van der Waals surface area contributed by atoms with Crippen molar-refractivity contribution in [3.63, 3.8) is 0 Å². The average Bonchev–Trinajstić information content (AvgIpc) is 3.07. The lowest BCUT2D eigenvalue weighted by Crippen LogP contribution is -2.45. The zero-order valence-corrected chi connectivity index (χ0v) is 16.0. The van der Waals surface area contributed by atoms with Gasteiger partial charge in [0.25, 0.3) is 0 Å². The zero-order valence-electron chi connectivity index (χ0n) is 16.0. The SMILES string of the molecule is CCN1c2cc(F)c(C=Nc3ccc4c(c3)OCO4)cc2C(C)=CC1(C)C. The van der Waals surface area contributed by atoms with E-state index in [2.05, 4.69) is 43.7 Å². The van der Waals surface area contributed by atoms with Crippen molar-refractivity contribution in [1.82, 2.24) is 0 Å². The largest absolute Gasteiger partial charge is 0.454 e. The van der Waals surface area contributed by atoms with Crippen LogP contribution in [-0.4, -0.2) is 25.1 Å². The van der Waals surface area contributed by atoms with E-state index in [1.807, 2.05) is 18.2 Å². The highest BCUT2D eigenvalue weighted by atomic mass is 19.1. The Balaban J connectivity index is 1.70. The molecule has 0 unspecified atom stereocenters. The molecule has 2 heterocycles. The van der Waals surface area contributed by atoms with Crippen LogP contribution in [0, 0.1) is 5.82 Å². The third kappa shape index (κ3) is 3.07. The first-order chi connectivity index (χ1) is 12.9. The van der Waals surface area contributed by atoms with Crippen molar-refractivity contribution in [3.8, 4) is 11.5 Å². The van der Waals surface area contributed by atoms with Crippen molar-refractivity contribution < 1.29 is 13.9 Å². The number of rotatable bonds is 3. The number of allylic oxidation sites excluding steroid dienone is 1. The number of benzene rings is 2. The molecule has 0 aliphatic carbocycles. The van der Waals surface area contributed by atoms with Crippen LogP contribution in [0.4, 0.5) is 15.8 Å². The van der Waals surface area contributed by atoms with Gasteiger partial charge in [0, 0.05) is 35.6 Å². The number of ether oxygens (including phenoxy) is 2. The van der Waals surface area contributed by atoms with Gasteiger partial charge in [-0.1, -0.05) is 6.08 Å². The molecule has 0 saturated carbocycles. The molecule has 0 spiro atoms. The number of nitrogens with zero attached hydrogens (tertiary/aromatic N) is 2. The van der Waals surface area contributed by atoms with Crippen LogP contribution in [0.25, 0.3) is 5.57 Å². The highest BCUT2D eigenvalue weighted by Crippen LogP contribution is 2.40. The molecule has 4 rings (SSSR count). The summed E-state index contributed by atoms with van der Waals surface area (Å²) in [6.07, 6.45) is 3.80. The van der Waals surface area contributed by atoms with E-state index in [-0.39, 0.29) is 18.1 Å². The van der Waals surface area contributed by atoms with Gasteiger partial charge in [-0.05, 0) is 57.5 Å². The fraction of sp³-hybridized carbons (Fsp3) is 0.318. The second kappa shape index (κ2) is 6.41. The Bertz CT molecular complexity index is 963. The number of halogens is 1. The lowest BCUT2D eigenvalue weighted by Gasteiger charge is -2.42. The molecule has 0 radical (unpaired) electrons. The van der Waals surface area contributed by atoms with Gasteiger partial charge >= 0.3 is 0 Å². The molecular weight excluding hydrogens is 343 g/mol. The summed E-state index contributed by atoms with van der Waals surface area (Å²) in [7, 11) is 0. The summed E-state index contributed by atoms with van der Waals surface area (Å²) in [5, 5.41) is 0. The molecule has 0 atom stereocenters. The van der Waals surface area contributed by atoms with Crippen LogP contribution < -0.4 is 14.4 Å². The van der Waals surface area contributed by atoms with Gasteiger partial charge in [-0.3, -0.25) is 4.99 Å². The van der Waals surface area contributed by atoms with Crippen molar-refractivity contribution in [2.45, 2.75) is 33.2 Å². The molecule has 2 aromatic carbocycles. The van der Waals surface area contributed by atoms with Crippen LogP contribution in [0.2, 0.25) is 0 Å². The van der Waals surface area contributed by atoms with Crippen LogP contribution in [-0.2, 0) is 0 Å². The minimum atomic E-state index is -0.276. The van der Waals surface area contributed by atoms with E-state index in [9.17, 15) is 4.39 Å². The summed E-state index contributed by atoms with van der Waals surface area (Å²) in [6.45, 7) is 9.49. The summed E-state index contributed by atoms with van der Waals surface area (Å²) in [5.74, 6) is 1.09. The number of aliphatic imine (C=N–C) groups is 1. The maximum atomic E-state index is 14.8. The van der Waals surface area contributed by atoms with Crippen LogP contribution in [0.3, 0.4) is 0 Å². The summed E-state index contributed by atoms with van der Waals surface area (Å²) in [4.78, 5) is 6.64. The van der Waals surface area contributed by atoms with Crippen LogP contribution in [0.1, 0.15) is 38.8 Å². The van der Waals surface area contributed by atoms with Crippen molar-refractivity contribution in [2.24, 2.45) is 4.99 Å². The molecule has 0 bridgehead atoms. The number of fused-ring (bicyclic) bond motifs is 2. The molecule has 4 nitrogen and oxygen atoms in total. The maximum Gasteiger partial charge on any atom is 0.231 e. The van der Waals surface area contributed by atoms with E-state index in [0.717, 1.165) is 23.4 Å². The number of hydrogen-bond donors (Lipinski definition) is 0. The molecule has 2 aliphatic rings. The Morgan fingerprint density at radius 2 is 1.96 bits per heavy atom. The van der Waals surface area contributed by atoms with Gasteiger partial charge in [0.1, 0.15) is 5.82 Å². The first-order valence-electron chi connectivity index (χ1n) is 9.14. The summed E-state index contributed by atoms with van der Waals surface area (Å²) >= 11 is 0. The molecule has 0 amide bonds. The average molecular weight is 366 g/mol. The fourth-order valence-corrected chi connectivity index (χ4v) is 3.90. The second-order valence-corrected chi connectivity index (χ2v) is 7.41. The van der Waals surface area contributed by atoms with E-state index in [4.69, 9.17) is 9.47 Å². The molecule has 0 N–H and O–H groups in total. The topological polar surface area (TPSA) is 34.1 Å². The van der Waals surface area contributed by atoms with Gasteiger partial charge in [0.05, 0.1) is 11.2 Å². The molecule has 0 aromatic heterocycles. The molecule has 140 valence electrons. The van der Waals surface area contributed by atoms with Crippen LogP contribution in [0.5, 0.6) is 11.5 Å². The molecule has 2 aliphatic heterocycles.